The van der Waals surface area contributed by atoms with Gasteiger partial charge in [-0.15, -0.1) is 0 Å². The molecule has 3 amide bonds. The van der Waals surface area contributed by atoms with Crippen molar-refractivity contribution in [3.05, 3.63) is 54.1 Å². The molecule has 0 aliphatic heterocycles. The number of hydrogen-bond donors (Lipinski definition) is 6. The number of nitrogens with one attached hydrogen (secondary N) is 4. The van der Waals surface area contributed by atoms with Crippen LogP contribution in [0.25, 0.3) is 0 Å². The normalized spacial score (nSPS) is 14.3. The molecule has 4 atom stereocenters. The van der Waals surface area contributed by atoms with Crippen molar-refractivity contribution in [1.29, 1.82) is 0 Å². The van der Waals surface area contributed by atoms with E-state index in [1.807, 2.05) is 12.3 Å². The Balaban J connectivity index is 2.02. The van der Waals surface area contributed by atoms with Crippen molar-refractivity contribution in [3.63, 3.8) is 0 Å². The number of nitrogens with two attached hydrogens (primary N) is 1. The quantitative estimate of drug-likeness (QED) is 0.205. The average Bonchev–Trinajstić information content (AvgIpc) is 3.35. The Kier molecular flexibility index (Phi) is 11.2. The summed E-state index contributed by atoms with van der Waals surface area (Å²) in [5.74, 6) is -2.25. The zero-order valence-electron chi connectivity index (χ0n) is 19.7. The van der Waals surface area contributed by atoms with E-state index in [2.05, 4.69) is 25.9 Å². The summed E-state index contributed by atoms with van der Waals surface area (Å²) in [4.78, 5) is 56.6. The first-order valence-electron chi connectivity index (χ1n) is 11.1. The van der Waals surface area contributed by atoms with Gasteiger partial charge in [0.1, 0.15) is 18.1 Å². The fourth-order valence-electron chi connectivity index (χ4n) is 3.21. The van der Waals surface area contributed by atoms with Crippen molar-refractivity contribution in [2.24, 2.45) is 5.73 Å². The van der Waals surface area contributed by atoms with Gasteiger partial charge < -0.3 is 31.8 Å². The van der Waals surface area contributed by atoms with Gasteiger partial charge in [-0.05, 0) is 30.9 Å². The third-order valence-corrected chi connectivity index (χ3v) is 5.87. The first-order chi connectivity index (χ1) is 16.7. The second-order valence-corrected chi connectivity index (χ2v) is 9.04. The number of amides is 3. The number of imidazole rings is 1. The molecule has 0 aliphatic rings. The third kappa shape index (κ3) is 9.41. The molecule has 11 nitrogen and oxygen atoms in total. The third-order valence-electron chi connectivity index (χ3n) is 5.23. The lowest BCUT2D eigenvalue weighted by Crippen LogP contribution is -2.57. The van der Waals surface area contributed by atoms with Gasteiger partial charge in [-0.1, -0.05) is 30.3 Å². The van der Waals surface area contributed by atoms with Crippen molar-refractivity contribution in [3.8, 4) is 0 Å². The lowest BCUT2D eigenvalue weighted by molar-refractivity contribution is -0.142. The van der Waals surface area contributed by atoms with Gasteiger partial charge in [-0.2, -0.15) is 11.8 Å². The van der Waals surface area contributed by atoms with Gasteiger partial charge in [-0.3, -0.25) is 14.4 Å². The van der Waals surface area contributed by atoms with Crippen LogP contribution < -0.4 is 21.7 Å². The van der Waals surface area contributed by atoms with Crippen molar-refractivity contribution >= 4 is 35.5 Å². The highest BCUT2D eigenvalue weighted by atomic mass is 32.2. The van der Waals surface area contributed by atoms with Crippen molar-refractivity contribution in [2.45, 2.75) is 50.4 Å². The summed E-state index contributed by atoms with van der Waals surface area (Å²) >= 11 is 1.56. The van der Waals surface area contributed by atoms with E-state index in [0.29, 0.717) is 17.9 Å². The highest BCUT2D eigenvalue weighted by Crippen LogP contribution is 2.05. The van der Waals surface area contributed by atoms with Gasteiger partial charge in [0.25, 0.3) is 0 Å². The van der Waals surface area contributed by atoms with E-state index >= 15 is 0 Å². The molecule has 1 aromatic heterocycles. The fourth-order valence-corrected chi connectivity index (χ4v) is 3.70. The van der Waals surface area contributed by atoms with Crippen LogP contribution in [0, 0.1) is 0 Å². The monoisotopic (exact) mass is 504 g/mol. The van der Waals surface area contributed by atoms with Crippen LogP contribution in [0.4, 0.5) is 0 Å². The molecule has 0 fully saturated rings. The zero-order chi connectivity index (χ0) is 25.8. The number of nitrogens with zero attached hydrogens (tertiary/aromatic N) is 1. The molecule has 35 heavy (non-hydrogen) atoms. The lowest BCUT2D eigenvalue weighted by Gasteiger charge is -2.23. The minimum Gasteiger partial charge on any atom is -0.480 e. The zero-order valence-corrected chi connectivity index (χ0v) is 20.5. The first-order valence-corrected chi connectivity index (χ1v) is 12.5. The largest absolute Gasteiger partial charge is 0.480 e. The summed E-state index contributed by atoms with van der Waals surface area (Å²) in [7, 11) is 0. The van der Waals surface area contributed by atoms with Gasteiger partial charge in [0.15, 0.2) is 0 Å². The van der Waals surface area contributed by atoms with Gasteiger partial charge in [0.2, 0.25) is 17.7 Å². The van der Waals surface area contributed by atoms with Crippen LogP contribution in [-0.2, 0) is 32.0 Å². The van der Waals surface area contributed by atoms with Crippen LogP contribution in [0.15, 0.2) is 42.9 Å². The van der Waals surface area contributed by atoms with Gasteiger partial charge in [0.05, 0.1) is 12.4 Å². The second kappa shape index (κ2) is 14.1. The SMILES string of the molecule is CSCCC(N)C(=O)NC(Cc1cnc[nH]1)C(=O)NC(C)C(=O)NC(Cc1ccccc1)C(=O)O. The number of thioether (sulfide) groups is 1. The standard InChI is InChI=1S/C23H32N6O5S/c1-14(20(30)29-19(23(33)34)10-15-6-4-3-5-7-15)27-22(32)18(11-16-12-25-13-26-16)28-21(31)17(24)8-9-35-2/h3-7,12-14,17-19H,8-11,24H2,1-2H3,(H,25,26)(H,27,32)(H,28,31)(H,29,30)(H,33,34). The van der Waals surface area contributed by atoms with Crippen molar-refractivity contribution in [1.82, 2.24) is 25.9 Å². The molecule has 0 saturated carbocycles. The summed E-state index contributed by atoms with van der Waals surface area (Å²) in [5.41, 5.74) is 7.28. The van der Waals surface area contributed by atoms with Crippen molar-refractivity contribution < 1.29 is 24.3 Å². The number of aromatic nitrogens is 2. The fraction of sp³-hybridized carbons (Fsp3) is 0.435. The predicted octanol–water partition coefficient (Wildman–Crippen LogP) is -0.166. The van der Waals surface area contributed by atoms with Crippen LogP contribution in [0.3, 0.4) is 0 Å². The lowest BCUT2D eigenvalue weighted by atomic mass is 10.1. The molecule has 2 rings (SSSR count). The molecule has 4 unspecified atom stereocenters. The smallest absolute Gasteiger partial charge is 0.326 e. The van der Waals surface area contributed by atoms with E-state index in [0.717, 1.165) is 5.56 Å². The molecule has 0 radical (unpaired) electrons. The summed E-state index contributed by atoms with van der Waals surface area (Å²) in [5, 5.41) is 17.2. The minimum absolute atomic E-state index is 0.0923. The maximum absolute atomic E-state index is 13.0. The van der Waals surface area contributed by atoms with E-state index in [1.54, 1.807) is 36.0 Å². The van der Waals surface area contributed by atoms with E-state index in [4.69, 9.17) is 5.73 Å². The number of carboxylic acids is 1. The molecule has 0 saturated heterocycles. The molecule has 1 heterocycles. The van der Waals surface area contributed by atoms with Crippen LogP contribution in [0.1, 0.15) is 24.6 Å². The minimum atomic E-state index is -1.19. The molecule has 0 bridgehead atoms. The molecule has 2 aromatic rings. The molecule has 12 heteroatoms. The molecule has 190 valence electrons. The van der Waals surface area contributed by atoms with Crippen molar-refractivity contribution in [2.75, 3.05) is 12.0 Å². The van der Waals surface area contributed by atoms with Gasteiger partial charge in [0, 0.05) is 24.7 Å². The number of carboxylic acid groups (broad SMARTS) is 1. The number of aromatic amines is 1. The number of hydrogen-bond acceptors (Lipinski definition) is 7. The summed E-state index contributed by atoms with van der Waals surface area (Å²) in [6.45, 7) is 1.44. The Bertz CT molecular complexity index is 972. The van der Waals surface area contributed by atoms with E-state index < -0.39 is 47.9 Å². The van der Waals surface area contributed by atoms with Crippen LogP contribution in [0.2, 0.25) is 0 Å². The Morgan fingerprint density at radius 1 is 1.03 bits per heavy atom. The van der Waals surface area contributed by atoms with Gasteiger partial charge in [-0.25, -0.2) is 9.78 Å². The summed E-state index contributed by atoms with van der Waals surface area (Å²) in [6, 6.07) is 4.88. The van der Waals surface area contributed by atoms with Crippen LogP contribution in [-0.4, -0.2) is 74.9 Å². The maximum Gasteiger partial charge on any atom is 0.326 e. The van der Waals surface area contributed by atoms with Crippen LogP contribution in [0.5, 0.6) is 0 Å². The highest BCUT2D eigenvalue weighted by Gasteiger charge is 2.28. The molecular weight excluding hydrogens is 472 g/mol. The Morgan fingerprint density at radius 2 is 1.71 bits per heavy atom. The number of carbonyl (C=O) groups is 4. The summed E-state index contributed by atoms with van der Waals surface area (Å²) in [6.07, 6.45) is 5.52. The molecule has 0 spiro atoms. The number of benzene rings is 1. The molecule has 1 aromatic carbocycles. The van der Waals surface area contributed by atoms with Gasteiger partial charge >= 0.3 is 5.97 Å². The predicted molar refractivity (Wildman–Crippen MR) is 133 cm³/mol. The number of aliphatic carboxylic acids is 1. The van der Waals surface area contributed by atoms with E-state index in [1.165, 1.54) is 19.4 Å². The average molecular weight is 505 g/mol. The van der Waals surface area contributed by atoms with Crippen LogP contribution >= 0.6 is 11.8 Å². The second-order valence-electron chi connectivity index (χ2n) is 8.05. The Morgan fingerprint density at radius 3 is 2.31 bits per heavy atom. The molecular formula is C23H32N6O5S. The summed E-state index contributed by atoms with van der Waals surface area (Å²) < 4.78 is 0. The Labute approximate surface area is 208 Å². The maximum atomic E-state index is 13.0. The number of carbonyl (C=O) groups excluding carboxylic acids is 3. The number of H-pyrrole nitrogens is 1. The molecule has 0 aliphatic carbocycles. The van der Waals surface area contributed by atoms with E-state index in [9.17, 15) is 24.3 Å². The number of rotatable bonds is 14. The Hall–Kier alpha value is -3.38. The topological polar surface area (TPSA) is 179 Å². The first kappa shape index (κ1) is 27.9. The van der Waals surface area contributed by atoms with E-state index in [-0.39, 0.29) is 12.8 Å². The highest BCUT2D eigenvalue weighted by molar-refractivity contribution is 7.98. The molecule has 7 N–H and O–H groups in total.